The van der Waals surface area contributed by atoms with E-state index in [4.69, 9.17) is 11.5 Å². The second kappa shape index (κ2) is 3.76. The molecule has 5 nitrogen and oxygen atoms in total. The van der Waals surface area contributed by atoms with Crippen molar-refractivity contribution in [2.45, 2.75) is 26.3 Å². The number of amides is 1. The van der Waals surface area contributed by atoms with Gasteiger partial charge < -0.3 is 16.8 Å². The Hall–Kier alpha value is -1.78. The van der Waals surface area contributed by atoms with Gasteiger partial charge in [-0.15, -0.1) is 0 Å². The second-order valence-electron chi connectivity index (χ2n) is 4.40. The van der Waals surface area contributed by atoms with E-state index >= 15 is 0 Å². The Kier molecular flexibility index (Phi) is 2.83. The van der Waals surface area contributed by atoms with Gasteiger partial charge in [-0.25, -0.2) is 4.98 Å². The number of nitrogens with two attached hydrogens (primary N) is 2. The topological polar surface area (TPSA) is 94.0 Å². The van der Waals surface area contributed by atoms with Crippen LogP contribution in [-0.4, -0.2) is 16.4 Å². The molecular formula is C10H16N4O. The van der Waals surface area contributed by atoms with Crippen LogP contribution >= 0.6 is 0 Å². The van der Waals surface area contributed by atoms with Gasteiger partial charge in [-0.2, -0.15) is 0 Å². The first kappa shape index (κ1) is 11.3. The van der Waals surface area contributed by atoms with Crippen LogP contribution in [-0.2, 0) is 0 Å². The first-order valence-corrected chi connectivity index (χ1v) is 4.63. The molecule has 5 N–H and O–H groups in total. The maximum absolute atomic E-state index is 11.1. The van der Waals surface area contributed by atoms with Crippen molar-refractivity contribution in [3.8, 4) is 0 Å². The Balaban J connectivity index is 3.12. The zero-order chi connectivity index (χ0) is 11.6. The quantitative estimate of drug-likeness (QED) is 0.675. The molecule has 1 aromatic heterocycles. The molecule has 0 aliphatic heterocycles. The number of hydrogen-bond donors (Lipinski definition) is 3. The second-order valence-corrected chi connectivity index (χ2v) is 4.40. The van der Waals surface area contributed by atoms with Crippen molar-refractivity contribution in [1.29, 1.82) is 0 Å². The Morgan fingerprint density at radius 2 is 2.07 bits per heavy atom. The fraction of sp³-hybridized carbons (Fsp3) is 0.400. The smallest absolute Gasteiger partial charge is 0.252 e. The minimum absolute atomic E-state index is 0.187. The Labute approximate surface area is 88.9 Å². The van der Waals surface area contributed by atoms with Crippen LogP contribution in [0.25, 0.3) is 0 Å². The zero-order valence-corrected chi connectivity index (χ0v) is 9.16. The van der Waals surface area contributed by atoms with E-state index in [0.29, 0.717) is 17.1 Å². The van der Waals surface area contributed by atoms with Crippen molar-refractivity contribution in [3.05, 3.63) is 17.8 Å². The van der Waals surface area contributed by atoms with Gasteiger partial charge in [0.15, 0.2) is 0 Å². The predicted molar refractivity (Wildman–Crippen MR) is 60.5 cm³/mol. The van der Waals surface area contributed by atoms with Crippen LogP contribution in [0.4, 0.5) is 11.5 Å². The van der Waals surface area contributed by atoms with Gasteiger partial charge >= 0.3 is 0 Å². The lowest BCUT2D eigenvalue weighted by molar-refractivity contribution is 0.100. The minimum atomic E-state index is -0.540. The number of nitrogens with one attached hydrogen (secondary N) is 1. The first-order valence-electron chi connectivity index (χ1n) is 4.63. The average molecular weight is 208 g/mol. The van der Waals surface area contributed by atoms with E-state index < -0.39 is 5.91 Å². The molecule has 0 spiro atoms. The molecule has 1 rings (SSSR count). The van der Waals surface area contributed by atoms with Crippen molar-refractivity contribution >= 4 is 17.4 Å². The third-order valence-corrected chi connectivity index (χ3v) is 1.67. The highest BCUT2D eigenvalue weighted by Crippen LogP contribution is 2.18. The third-order valence-electron chi connectivity index (χ3n) is 1.67. The average Bonchev–Trinajstić information content (AvgIpc) is 2.05. The molecule has 0 saturated carbocycles. The number of pyridine rings is 1. The summed E-state index contributed by atoms with van der Waals surface area (Å²) < 4.78 is 0. The number of primary amides is 1. The molecule has 1 heterocycles. The number of nitrogen functional groups attached to an aromatic ring is 1. The van der Waals surface area contributed by atoms with Crippen LogP contribution in [0.15, 0.2) is 12.3 Å². The number of aromatic nitrogens is 1. The molecular weight excluding hydrogens is 192 g/mol. The van der Waals surface area contributed by atoms with E-state index in [2.05, 4.69) is 10.3 Å². The van der Waals surface area contributed by atoms with Crippen molar-refractivity contribution in [2.75, 3.05) is 11.1 Å². The monoisotopic (exact) mass is 208 g/mol. The van der Waals surface area contributed by atoms with Crippen molar-refractivity contribution in [2.24, 2.45) is 5.73 Å². The van der Waals surface area contributed by atoms with E-state index in [9.17, 15) is 4.79 Å². The normalized spacial score (nSPS) is 11.1. The van der Waals surface area contributed by atoms with Gasteiger partial charge in [-0.05, 0) is 26.8 Å². The van der Waals surface area contributed by atoms with Gasteiger partial charge in [-0.1, -0.05) is 0 Å². The van der Waals surface area contributed by atoms with Crippen molar-refractivity contribution < 1.29 is 4.79 Å². The zero-order valence-electron chi connectivity index (χ0n) is 9.16. The lowest BCUT2D eigenvalue weighted by atomic mass is 10.1. The fourth-order valence-electron chi connectivity index (χ4n) is 1.12. The lowest BCUT2D eigenvalue weighted by Crippen LogP contribution is -2.29. The highest BCUT2D eigenvalue weighted by Gasteiger charge is 2.16. The molecule has 82 valence electrons. The fourth-order valence-corrected chi connectivity index (χ4v) is 1.12. The maximum Gasteiger partial charge on any atom is 0.252 e. The molecule has 0 aliphatic carbocycles. The van der Waals surface area contributed by atoms with E-state index in [1.807, 2.05) is 20.8 Å². The van der Waals surface area contributed by atoms with Crippen LogP contribution in [0, 0.1) is 0 Å². The van der Waals surface area contributed by atoms with Crippen molar-refractivity contribution in [1.82, 2.24) is 4.98 Å². The Morgan fingerprint density at radius 1 is 1.47 bits per heavy atom. The number of anilines is 2. The predicted octanol–water partition coefficient (Wildman–Crippen LogP) is 0.973. The summed E-state index contributed by atoms with van der Waals surface area (Å²) in [5.74, 6) is -0.0780. The number of carbonyl (C=O) groups excluding carboxylic acids is 1. The molecule has 15 heavy (non-hydrogen) atoms. The van der Waals surface area contributed by atoms with Crippen molar-refractivity contribution in [3.63, 3.8) is 0 Å². The summed E-state index contributed by atoms with van der Waals surface area (Å²) in [7, 11) is 0. The van der Waals surface area contributed by atoms with Gasteiger partial charge in [0.1, 0.15) is 5.82 Å². The van der Waals surface area contributed by atoms with Gasteiger partial charge in [0.25, 0.3) is 5.91 Å². The maximum atomic E-state index is 11.1. The minimum Gasteiger partial charge on any atom is -0.397 e. The Morgan fingerprint density at radius 3 is 2.53 bits per heavy atom. The molecule has 0 unspecified atom stereocenters. The highest BCUT2D eigenvalue weighted by atomic mass is 16.1. The molecule has 1 amide bonds. The summed E-state index contributed by atoms with van der Waals surface area (Å²) in [5.41, 5.74) is 11.3. The van der Waals surface area contributed by atoms with E-state index in [1.54, 1.807) is 0 Å². The summed E-state index contributed by atoms with van der Waals surface area (Å²) in [4.78, 5) is 15.2. The molecule has 0 bridgehead atoms. The number of carbonyl (C=O) groups is 1. The number of rotatable bonds is 2. The van der Waals surface area contributed by atoms with Gasteiger partial charge in [0, 0.05) is 5.54 Å². The van der Waals surface area contributed by atoms with Crippen LogP contribution < -0.4 is 16.8 Å². The highest BCUT2D eigenvalue weighted by molar-refractivity contribution is 5.98. The van der Waals surface area contributed by atoms with Crippen LogP contribution in [0.2, 0.25) is 0 Å². The molecule has 5 heteroatoms. The summed E-state index contributed by atoms with van der Waals surface area (Å²) in [6, 6.07) is 1.52. The molecule has 0 aliphatic rings. The van der Waals surface area contributed by atoms with Gasteiger partial charge in [0.2, 0.25) is 0 Å². The Bertz CT molecular complexity index is 381. The summed E-state index contributed by atoms with van der Waals surface area (Å²) in [6.07, 6.45) is 1.49. The third kappa shape index (κ3) is 3.12. The first-order chi connectivity index (χ1) is 6.79. The van der Waals surface area contributed by atoms with E-state index in [1.165, 1.54) is 12.3 Å². The summed E-state index contributed by atoms with van der Waals surface area (Å²) in [5, 5.41) is 3.09. The largest absolute Gasteiger partial charge is 0.397 e. The number of nitrogens with zero attached hydrogens (tertiary/aromatic N) is 1. The summed E-state index contributed by atoms with van der Waals surface area (Å²) in [6.45, 7) is 5.90. The van der Waals surface area contributed by atoms with Gasteiger partial charge in [0.05, 0.1) is 17.4 Å². The molecule has 0 fully saturated rings. The SMILES string of the molecule is CC(C)(C)Nc1ncc(N)cc1C(N)=O. The molecule has 0 radical (unpaired) electrons. The van der Waals surface area contributed by atoms with E-state index in [0.717, 1.165) is 0 Å². The van der Waals surface area contributed by atoms with Crippen LogP contribution in [0.1, 0.15) is 31.1 Å². The molecule has 1 aromatic rings. The van der Waals surface area contributed by atoms with Crippen LogP contribution in [0.3, 0.4) is 0 Å². The van der Waals surface area contributed by atoms with Crippen LogP contribution in [0.5, 0.6) is 0 Å². The number of hydrogen-bond acceptors (Lipinski definition) is 4. The van der Waals surface area contributed by atoms with E-state index in [-0.39, 0.29) is 5.54 Å². The standard InChI is InChI=1S/C10H16N4O/c1-10(2,3)14-9-7(8(12)15)4-6(11)5-13-9/h4-5H,11H2,1-3H3,(H2,12,15)(H,13,14). The van der Waals surface area contributed by atoms with Gasteiger partial charge in [-0.3, -0.25) is 4.79 Å². The summed E-state index contributed by atoms with van der Waals surface area (Å²) >= 11 is 0. The molecule has 0 atom stereocenters. The molecule has 0 saturated heterocycles. The molecule has 0 aromatic carbocycles. The lowest BCUT2D eigenvalue weighted by Gasteiger charge is -2.22.